The van der Waals surface area contributed by atoms with Crippen LogP contribution >= 0.6 is 0 Å². The summed E-state index contributed by atoms with van der Waals surface area (Å²) in [6, 6.07) is 9.87. The molecule has 0 aliphatic heterocycles. The monoisotopic (exact) mass is 368 g/mol. The molecular weight excluding hydrogens is 340 g/mol. The van der Waals surface area contributed by atoms with Crippen LogP contribution in [0.1, 0.15) is 43.3 Å². The van der Waals surface area contributed by atoms with Gasteiger partial charge in [0.05, 0.1) is 12.5 Å². The highest BCUT2D eigenvalue weighted by atomic mass is 16.6. The SMILES string of the molecule is Cc1ccc(CC#N)cn1.Cc1ccc(CCNC(=O)OC(C)(C)C)cn1. The quantitative estimate of drug-likeness (QED) is 0.884. The smallest absolute Gasteiger partial charge is 0.407 e. The summed E-state index contributed by atoms with van der Waals surface area (Å²) >= 11 is 0. The third-order valence-electron chi connectivity index (χ3n) is 3.31. The third kappa shape index (κ3) is 10.6. The Morgan fingerprint density at radius 3 is 2.07 bits per heavy atom. The van der Waals surface area contributed by atoms with Gasteiger partial charge in [-0.3, -0.25) is 9.97 Å². The summed E-state index contributed by atoms with van der Waals surface area (Å²) in [5.41, 5.74) is 3.62. The summed E-state index contributed by atoms with van der Waals surface area (Å²) in [5.74, 6) is 0. The van der Waals surface area contributed by atoms with Crippen molar-refractivity contribution in [2.45, 2.75) is 53.1 Å². The number of ether oxygens (including phenoxy) is 1. The molecule has 0 aromatic carbocycles. The van der Waals surface area contributed by atoms with Gasteiger partial charge in [0, 0.05) is 30.3 Å². The van der Waals surface area contributed by atoms with Crippen molar-refractivity contribution in [2.75, 3.05) is 6.54 Å². The minimum absolute atomic E-state index is 0.377. The lowest BCUT2D eigenvalue weighted by atomic mass is 10.2. The van der Waals surface area contributed by atoms with E-state index in [0.717, 1.165) is 28.9 Å². The lowest BCUT2D eigenvalue weighted by Gasteiger charge is -2.19. The molecule has 0 atom stereocenters. The molecule has 1 amide bonds. The predicted octanol–water partition coefficient (Wildman–Crippen LogP) is 3.91. The molecule has 2 aromatic rings. The van der Waals surface area contributed by atoms with Gasteiger partial charge in [0.1, 0.15) is 5.60 Å². The van der Waals surface area contributed by atoms with Crippen LogP contribution in [0.4, 0.5) is 4.79 Å². The average Bonchev–Trinajstić information content (AvgIpc) is 2.58. The van der Waals surface area contributed by atoms with Gasteiger partial charge in [-0.2, -0.15) is 5.26 Å². The Balaban J connectivity index is 0.000000309. The zero-order valence-electron chi connectivity index (χ0n) is 16.7. The first kappa shape index (κ1) is 22.1. The summed E-state index contributed by atoms with van der Waals surface area (Å²) in [4.78, 5) is 19.6. The van der Waals surface area contributed by atoms with Gasteiger partial charge in [0.25, 0.3) is 0 Å². The molecule has 0 aliphatic rings. The highest BCUT2D eigenvalue weighted by Gasteiger charge is 2.15. The lowest BCUT2D eigenvalue weighted by molar-refractivity contribution is 0.0528. The zero-order valence-corrected chi connectivity index (χ0v) is 16.7. The van der Waals surface area contributed by atoms with Crippen molar-refractivity contribution in [3.05, 3.63) is 59.2 Å². The van der Waals surface area contributed by atoms with Crippen molar-refractivity contribution in [3.8, 4) is 6.07 Å². The molecule has 27 heavy (non-hydrogen) atoms. The number of hydrogen-bond acceptors (Lipinski definition) is 5. The van der Waals surface area contributed by atoms with Crippen LogP contribution in [0.15, 0.2) is 36.7 Å². The van der Waals surface area contributed by atoms with Crippen molar-refractivity contribution in [1.82, 2.24) is 15.3 Å². The van der Waals surface area contributed by atoms with Gasteiger partial charge >= 0.3 is 6.09 Å². The second-order valence-corrected chi connectivity index (χ2v) is 7.13. The topological polar surface area (TPSA) is 87.9 Å². The number of nitrogens with zero attached hydrogens (tertiary/aromatic N) is 3. The maximum Gasteiger partial charge on any atom is 0.407 e. The average molecular weight is 368 g/mol. The largest absolute Gasteiger partial charge is 0.444 e. The Kier molecular flexibility index (Phi) is 8.94. The van der Waals surface area contributed by atoms with E-state index in [-0.39, 0.29) is 6.09 Å². The second kappa shape index (κ2) is 10.9. The van der Waals surface area contributed by atoms with Crippen molar-refractivity contribution in [1.29, 1.82) is 5.26 Å². The van der Waals surface area contributed by atoms with Crippen LogP contribution in [0.5, 0.6) is 0 Å². The summed E-state index contributed by atoms with van der Waals surface area (Å²) in [6.45, 7) is 9.96. The number of carbonyl (C=O) groups excluding carboxylic acids is 1. The second-order valence-electron chi connectivity index (χ2n) is 7.13. The van der Waals surface area contributed by atoms with Crippen molar-refractivity contribution >= 4 is 6.09 Å². The number of carbonyl (C=O) groups is 1. The molecule has 0 aliphatic carbocycles. The molecular formula is C21H28N4O2. The van der Waals surface area contributed by atoms with Gasteiger partial charge in [-0.05, 0) is 64.3 Å². The van der Waals surface area contributed by atoms with Crippen LogP contribution in [0.3, 0.4) is 0 Å². The van der Waals surface area contributed by atoms with E-state index in [1.165, 1.54) is 0 Å². The Morgan fingerprint density at radius 1 is 1.07 bits per heavy atom. The van der Waals surface area contributed by atoms with Crippen molar-refractivity contribution in [3.63, 3.8) is 0 Å². The predicted molar refractivity (Wildman–Crippen MR) is 105 cm³/mol. The Hall–Kier alpha value is -2.94. The van der Waals surface area contributed by atoms with Crippen LogP contribution in [0.25, 0.3) is 0 Å². The van der Waals surface area contributed by atoms with Gasteiger partial charge in [0.2, 0.25) is 0 Å². The van der Waals surface area contributed by atoms with Gasteiger partial charge < -0.3 is 10.1 Å². The molecule has 0 bridgehead atoms. The minimum Gasteiger partial charge on any atom is -0.444 e. The number of amides is 1. The number of nitriles is 1. The molecule has 0 saturated heterocycles. The molecule has 0 fully saturated rings. The number of aryl methyl sites for hydroxylation is 2. The first-order valence-corrected chi connectivity index (χ1v) is 8.86. The third-order valence-corrected chi connectivity index (χ3v) is 3.31. The molecule has 144 valence electrons. The molecule has 6 nitrogen and oxygen atoms in total. The van der Waals surface area contributed by atoms with Gasteiger partial charge in [0.15, 0.2) is 0 Å². The van der Waals surface area contributed by atoms with Crippen LogP contribution in [0, 0.1) is 25.2 Å². The van der Waals surface area contributed by atoms with E-state index in [1.807, 2.05) is 65.1 Å². The molecule has 0 saturated carbocycles. The van der Waals surface area contributed by atoms with Crippen LogP contribution in [0.2, 0.25) is 0 Å². The summed E-state index contributed by atoms with van der Waals surface area (Å²) in [7, 11) is 0. The summed E-state index contributed by atoms with van der Waals surface area (Å²) in [6.07, 6.45) is 4.39. The fraction of sp³-hybridized carbons (Fsp3) is 0.429. The van der Waals surface area contributed by atoms with Crippen LogP contribution in [-0.2, 0) is 17.6 Å². The summed E-state index contributed by atoms with van der Waals surface area (Å²) in [5, 5.41) is 11.0. The number of nitrogens with one attached hydrogen (secondary N) is 1. The lowest BCUT2D eigenvalue weighted by Crippen LogP contribution is -2.33. The Labute approximate surface area is 161 Å². The van der Waals surface area contributed by atoms with Crippen LogP contribution in [-0.4, -0.2) is 28.2 Å². The number of pyridine rings is 2. The van der Waals surface area contributed by atoms with Gasteiger partial charge in [-0.25, -0.2) is 4.79 Å². The molecule has 0 unspecified atom stereocenters. The maximum absolute atomic E-state index is 11.4. The van der Waals surface area contributed by atoms with Crippen molar-refractivity contribution < 1.29 is 9.53 Å². The fourth-order valence-electron chi connectivity index (χ4n) is 1.96. The maximum atomic E-state index is 11.4. The van der Waals surface area contributed by atoms with Crippen molar-refractivity contribution in [2.24, 2.45) is 0 Å². The molecule has 6 heteroatoms. The van der Waals surface area contributed by atoms with E-state index < -0.39 is 5.60 Å². The molecule has 2 rings (SSSR count). The summed E-state index contributed by atoms with van der Waals surface area (Å²) < 4.78 is 5.13. The first-order chi connectivity index (χ1) is 12.7. The van der Waals surface area contributed by atoms with E-state index >= 15 is 0 Å². The normalized spacial score (nSPS) is 10.2. The molecule has 0 spiro atoms. The molecule has 2 heterocycles. The van der Waals surface area contributed by atoms with E-state index in [0.29, 0.717) is 13.0 Å². The molecule has 2 aromatic heterocycles. The van der Waals surface area contributed by atoms with E-state index in [1.54, 1.807) is 6.20 Å². The number of aromatic nitrogens is 2. The molecule has 0 radical (unpaired) electrons. The number of rotatable bonds is 4. The van der Waals surface area contributed by atoms with E-state index in [4.69, 9.17) is 10.00 Å². The fourth-order valence-corrected chi connectivity index (χ4v) is 1.96. The molecule has 1 N–H and O–H groups in total. The minimum atomic E-state index is -0.449. The first-order valence-electron chi connectivity index (χ1n) is 8.86. The Bertz CT molecular complexity index is 742. The van der Waals surface area contributed by atoms with E-state index in [9.17, 15) is 4.79 Å². The number of alkyl carbamates (subject to hydrolysis) is 1. The number of hydrogen-bond donors (Lipinski definition) is 1. The zero-order chi connectivity index (χ0) is 20.3. The van der Waals surface area contributed by atoms with Gasteiger partial charge in [-0.15, -0.1) is 0 Å². The highest BCUT2D eigenvalue weighted by Crippen LogP contribution is 2.06. The Morgan fingerprint density at radius 2 is 1.63 bits per heavy atom. The highest BCUT2D eigenvalue weighted by molar-refractivity contribution is 5.67. The van der Waals surface area contributed by atoms with Crippen LogP contribution < -0.4 is 5.32 Å². The standard InChI is InChI=1S/C13H20N2O2.C8H8N2/c1-10-5-6-11(9-15-10)7-8-14-12(16)17-13(2,3)4;1-7-2-3-8(4-5-9)6-10-7/h5-6,9H,7-8H2,1-4H3,(H,14,16);2-3,6H,4H2,1H3. The van der Waals surface area contributed by atoms with Gasteiger partial charge in [-0.1, -0.05) is 12.1 Å². The van der Waals surface area contributed by atoms with E-state index in [2.05, 4.69) is 21.4 Å².